The van der Waals surface area contributed by atoms with Crippen molar-refractivity contribution in [3.63, 3.8) is 0 Å². The summed E-state index contributed by atoms with van der Waals surface area (Å²) >= 11 is 0. The van der Waals surface area contributed by atoms with Gasteiger partial charge in [0.05, 0.1) is 0 Å². The second-order valence-electron chi connectivity index (χ2n) is 21.6. The van der Waals surface area contributed by atoms with Crippen molar-refractivity contribution >= 4 is 23.1 Å². The van der Waals surface area contributed by atoms with Gasteiger partial charge in [-0.3, -0.25) is 19.2 Å². The molecule has 0 saturated carbocycles. The van der Waals surface area contributed by atoms with Crippen LogP contribution in [0.5, 0.6) is 0 Å². The minimum atomic E-state index is -0.417. The van der Waals surface area contributed by atoms with Crippen LogP contribution < -0.4 is 0 Å². The molecule has 0 radical (unpaired) electrons. The van der Waals surface area contributed by atoms with Gasteiger partial charge in [0.25, 0.3) is 0 Å². The molecule has 0 heterocycles. The first-order valence-electron chi connectivity index (χ1n) is 18.0. The predicted molar refractivity (Wildman–Crippen MR) is 219 cm³/mol. The summed E-state index contributed by atoms with van der Waals surface area (Å²) in [5, 5.41) is 38.2. The van der Waals surface area contributed by atoms with Crippen LogP contribution >= 0.6 is 0 Å². The van der Waals surface area contributed by atoms with Crippen molar-refractivity contribution in [1.82, 2.24) is 0 Å². The summed E-state index contributed by atoms with van der Waals surface area (Å²) in [6.07, 6.45) is 5.33. The number of carbonyl (C=O) groups excluding carboxylic acids is 4. The molecule has 0 atom stereocenters. The van der Waals surface area contributed by atoms with E-state index in [1.54, 1.807) is 0 Å². The summed E-state index contributed by atoms with van der Waals surface area (Å²) in [5.41, 5.74) is -3.06. The molecule has 0 bridgehead atoms. The molecule has 0 aromatic carbocycles. The molecule has 0 fully saturated rings. The minimum absolute atomic E-state index is 0. The third kappa shape index (κ3) is 29.7. The molecule has 9 heteroatoms. The van der Waals surface area contributed by atoms with Crippen LogP contribution in [0.2, 0.25) is 0 Å². The molecule has 0 aliphatic rings. The standard InChI is InChI=1S/4C11H20O2.Hf/c4*1-10(2,3)8(12)7-9(13)11(4,5)6;/h4*7,12H,1-6H3;. The smallest absolute Gasteiger partial charge is 0.164 e. The number of rotatable bonds is 4. The second kappa shape index (κ2) is 21.7. The van der Waals surface area contributed by atoms with E-state index in [4.69, 9.17) is 0 Å². The molecule has 0 aromatic heterocycles. The van der Waals surface area contributed by atoms with E-state index in [1.165, 1.54) is 24.3 Å². The fraction of sp³-hybridized carbons (Fsp3) is 0.727. The number of ketones is 4. The van der Waals surface area contributed by atoms with Crippen molar-refractivity contribution < 1.29 is 65.4 Å². The van der Waals surface area contributed by atoms with E-state index in [0.29, 0.717) is 0 Å². The maximum absolute atomic E-state index is 11.5. The third-order valence-electron chi connectivity index (χ3n) is 7.10. The molecule has 0 unspecified atom stereocenters. The Hall–Kier alpha value is -2.29. The monoisotopic (exact) mass is 917 g/mol. The largest absolute Gasteiger partial charge is 0.512 e. The Morgan fingerprint density at radius 2 is 0.358 bits per heavy atom. The molecule has 0 rings (SSSR count). The maximum atomic E-state index is 11.5. The molecule has 0 spiro atoms. The van der Waals surface area contributed by atoms with E-state index in [9.17, 15) is 39.6 Å². The van der Waals surface area contributed by atoms with Crippen molar-refractivity contribution in [2.45, 2.75) is 166 Å². The molecule has 0 aliphatic heterocycles. The third-order valence-corrected chi connectivity index (χ3v) is 7.10. The zero-order valence-electron chi connectivity index (χ0n) is 38.2. The van der Waals surface area contributed by atoms with Crippen LogP contribution in [0, 0.1) is 43.3 Å². The first-order chi connectivity index (χ1) is 22.2. The van der Waals surface area contributed by atoms with Crippen molar-refractivity contribution in [3.8, 4) is 0 Å². The molecule has 0 aromatic rings. The zero-order valence-corrected chi connectivity index (χ0v) is 41.8. The van der Waals surface area contributed by atoms with Crippen LogP contribution in [0.1, 0.15) is 166 Å². The maximum Gasteiger partial charge on any atom is 0.164 e. The average Bonchev–Trinajstić information content (AvgIpc) is 2.85. The Kier molecular flexibility index (Phi) is 24.6. The van der Waals surface area contributed by atoms with Gasteiger partial charge in [-0.25, -0.2) is 0 Å². The Balaban J connectivity index is -0.000000192. The number of hydrogen-bond acceptors (Lipinski definition) is 8. The van der Waals surface area contributed by atoms with Crippen molar-refractivity contribution in [2.24, 2.45) is 43.3 Å². The van der Waals surface area contributed by atoms with Crippen LogP contribution in [0.3, 0.4) is 0 Å². The summed E-state index contributed by atoms with van der Waals surface area (Å²) in [6.45, 7) is 44.5. The molecule has 0 aliphatic carbocycles. The zero-order chi connectivity index (χ0) is 43.4. The van der Waals surface area contributed by atoms with Gasteiger partial charge in [0.15, 0.2) is 23.1 Å². The normalized spacial score (nSPS) is 14.2. The fourth-order valence-electron chi connectivity index (χ4n) is 2.23. The number of carbonyl (C=O) groups is 4. The van der Waals surface area contributed by atoms with E-state index in [0.717, 1.165) is 0 Å². The Labute approximate surface area is 343 Å². The topological polar surface area (TPSA) is 149 Å². The number of allylic oxidation sites excluding steroid dienone is 8. The van der Waals surface area contributed by atoms with Gasteiger partial charge in [-0.05, 0) is 0 Å². The summed E-state index contributed by atoms with van der Waals surface area (Å²) in [7, 11) is 0. The van der Waals surface area contributed by atoms with E-state index in [-0.39, 0.29) is 93.7 Å². The number of hydrogen-bond donors (Lipinski definition) is 4. The van der Waals surface area contributed by atoms with Gasteiger partial charge in [-0.2, -0.15) is 0 Å². The van der Waals surface area contributed by atoms with Gasteiger partial charge in [0.1, 0.15) is 23.0 Å². The van der Waals surface area contributed by atoms with Crippen LogP contribution in [0.25, 0.3) is 0 Å². The summed E-state index contributed by atoms with van der Waals surface area (Å²) < 4.78 is 0. The Bertz CT molecular complexity index is 1110. The number of aliphatic hydroxyl groups is 4. The van der Waals surface area contributed by atoms with Crippen LogP contribution in [0.15, 0.2) is 47.3 Å². The molecule has 0 amide bonds. The van der Waals surface area contributed by atoms with Crippen LogP contribution in [-0.2, 0) is 45.0 Å². The van der Waals surface area contributed by atoms with Crippen molar-refractivity contribution in [2.75, 3.05) is 0 Å². The first-order valence-corrected chi connectivity index (χ1v) is 18.0. The molecular weight excluding hydrogens is 835 g/mol. The molecule has 308 valence electrons. The summed E-state index contributed by atoms with van der Waals surface area (Å²) in [6, 6.07) is 0. The molecule has 8 nitrogen and oxygen atoms in total. The molecule has 0 saturated heterocycles. The van der Waals surface area contributed by atoms with Crippen LogP contribution in [-0.4, -0.2) is 43.6 Å². The summed E-state index contributed by atoms with van der Waals surface area (Å²) in [5.74, 6) is 0.416. The van der Waals surface area contributed by atoms with Crippen LogP contribution in [0.4, 0.5) is 0 Å². The molecule has 53 heavy (non-hydrogen) atoms. The Morgan fingerprint density at radius 3 is 0.415 bits per heavy atom. The Morgan fingerprint density at radius 1 is 0.264 bits per heavy atom. The fourth-order valence-corrected chi connectivity index (χ4v) is 2.23. The quantitative estimate of drug-likeness (QED) is 0.124. The summed E-state index contributed by atoms with van der Waals surface area (Å²) in [4.78, 5) is 45.9. The predicted octanol–water partition coefficient (Wildman–Crippen LogP) is 12.4. The van der Waals surface area contributed by atoms with Gasteiger partial charge in [0, 0.05) is 93.5 Å². The van der Waals surface area contributed by atoms with E-state index >= 15 is 0 Å². The SMILES string of the molecule is CC(C)(C)C(=O)C=C(O)C(C)(C)C.CC(C)(C)C(=O)C=C(O)C(C)(C)C.CC(C)(C)C(=O)C=C(O)C(C)(C)C.CC(C)(C)C(=O)C=C(O)C(C)(C)C.[Hf]. The van der Waals surface area contributed by atoms with Gasteiger partial charge in [-0.15, -0.1) is 0 Å². The van der Waals surface area contributed by atoms with Crippen molar-refractivity contribution in [1.29, 1.82) is 0 Å². The number of aliphatic hydroxyl groups excluding tert-OH is 4. The molecular formula is C44H80HfO8. The van der Waals surface area contributed by atoms with Gasteiger partial charge in [-0.1, -0.05) is 166 Å². The van der Waals surface area contributed by atoms with E-state index < -0.39 is 21.7 Å². The van der Waals surface area contributed by atoms with Gasteiger partial charge in [0.2, 0.25) is 0 Å². The molecule has 4 N–H and O–H groups in total. The second-order valence-corrected chi connectivity index (χ2v) is 21.6. The van der Waals surface area contributed by atoms with Crippen molar-refractivity contribution in [3.05, 3.63) is 47.3 Å². The van der Waals surface area contributed by atoms with Gasteiger partial charge < -0.3 is 20.4 Å². The first kappa shape index (κ1) is 60.0. The van der Waals surface area contributed by atoms with E-state index in [2.05, 4.69) is 0 Å². The van der Waals surface area contributed by atoms with E-state index in [1.807, 2.05) is 166 Å². The average molecular weight is 916 g/mol. The minimum Gasteiger partial charge on any atom is -0.512 e. The van der Waals surface area contributed by atoms with Gasteiger partial charge >= 0.3 is 0 Å².